The van der Waals surface area contributed by atoms with E-state index in [-0.39, 0.29) is 63.5 Å². The van der Waals surface area contributed by atoms with Gasteiger partial charge in [-0.25, -0.2) is 0 Å². The molecule has 3 rings (SSSR count). The first-order valence-corrected chi connectivity index (χ1v) is 14.6. The number of benzene rings is 1. The minimum absolute atomic E-state index is 0.0350. The van der Waals surface area contributed by atoms with Gasteiger partial charge in [0, 0.05) is 101 Å². The summed E-state index contributed by atoms with van der Waals surface area (Å²) < 4.78 is 2.07. The van der Waals surface area contributed by atoms with E-state index in [0.29, 0.717) is 0 Å². The van der Waals surface area contributed by atoms with Crippen molar-refractivity contribution < 1.29 is 39.6 Å². The van der Waals surface area contributed by atoms with Crippen molar-refractivity contribution in [3.8, 4) is 23.0 Å². The molecule has 0 spiro atoms. The number of nitrogens with one attached hydrogen (secondary N) is 4. The number of hydrogen-bond donors (Lipinski definition) is 5. The highest BCUT2D eigenvalue weighted by Crippen LogP contribution is 2.27. The molecule has 6 N–H and O–H groups in total. The van der Waals surface area contributed by atoms with Crippen LogP contribution in [0.25, 0.3) is 0 Å². The summed E-state index contributed by atoms with van der Waals surface area (Å²) in [6.45, 7) is 0.359. The molecular formula is C30H34N8O10-4. The SMILES string of the molecule is Cn1ccc(C(=O)NCCN(CCNC(=O)c2ccc(C(=O)NCCN)c([O-])c2[O-])CCNC(=O)c2ccn(C)c(=O)c2[O-])c([O-])c1=O. The Morgan fingerprint density at radius 1 is 0.583 bits per heavy atom. The molecular weight excluding hydrogens is 632 g/mol. The lowest BCUT2D eigenvalue weighted by molar-refractivity contribution is -0.317. The van der Waals surface area contributed by atoms with Crippen LogP contribution in [0.4, 0.5) is 0 Å². The predicted molar refractivity (Wildman–Crippen MR) is 162 cm³/mol. The van der Waals surface area contributed by atoms with E-state index in [1.165, 1.54) is 38.6 Å². The molecule has 0 radical (unpaired) electrons. The topological polar surface area (TPSA) is 282 Å². The maximum atomic E-state index is 12.7. The standard InChI is InChI=1S/C30H38N8O10/c1-36-12-5-19(23(41)29(36)47)27(45)34-10-15-38(16-11-35-28(46)20-6-13-37(2)30(48)24(20)42)14-9-33-26(44)18-4-3-17(21(39)22(18)40)25(43)32-8-7-31/h3-6,12-13,39-42H,7-11,14-16,31H2,1-2H3,(H,32,43)(H,33,44)(H,34,45)(H,35,46)/p-4. The molecule has 0 saturated heterocycles. The van der Waals surface area contributed by atoms with Crippen LogP contribution in [0, 0.1) is 0 Å². The van der Waals surface area contributed by atoms with Gasteiger partial charge < -0.3 is 56.6 Å². The number of pyridine rings is 2. The first kappa shape index (κ1) is 36.6. The Bertz CT molecular complexity index is 1720. The second kappa shape index (κ2) is 16.6. The van der Waals surface area contributed by atoms with Crippen LogP contribution in [0.15, 0.2) is 46.2 Å². The number of carbonyl (C=O) groups is 4. The molecule has 18 heteroatoms. The van der Waals surface area contributed by atoms with E-state index < -0.39 is 68.9 Å². The van der Waals surface area contributed by atoms with Gasteiger partial charge in [0.25, 0.3) is 23.6 Å². The van der Waals surface area contributed by atoms with Gasteiger partial charge in [0.05, 0.1) is 0 Å². The van der Waals surface area contributed by atoms with Crippen molar-refractivity contribution in [3.05, 3.63) is 79.6 Å². The highest BCUT2D eigenvalue weighted by Gasteiger charge is 2.15. The molecule has 2 aromatic heterocycles. The van der Waals surface area contributed by atoms with Crippen molar-refractivity contribution in [2.45, 2.75) is 0 Å². The lowest BCUT2D eigenvalue weighted by atomic mass is 10.1. The van der Waals surface area contributed by atoms with Gasteiger partial charge in [-0.3, -0.25) is 33.7 Å². The summed E-state index contributed by atoms with van der Waals surface area (Å²) in [6.07, 6.45) is 2.55. The molecule has 0 bridgehead atoms. The van der Waals surface area contributed by atoms with Crippen LogP contribution >= 0.6 is 0 Å². The Kier molecular flexibility index (Phi) is 12.7. The molecule has 258 valence electrons. The molecule has 0 saturated carbocycles. The Morgan fingerprint density at radius 3 is 1.23 bits per heavy atom. The number of amides is 4. The highest BCUT2D eigenvalue weighted by molar-refractivity contribution is 6.02. The zero-order chi connectivity index (χ0) is 35.5. The van der Waals surface area contributed by atoms with Gasteiger partial charge in [0.2, 0.25) is 11.1 Å². The smallest absolute Gasteiger partial charge is 0.250 e. The van der Waals surface area contributed by atoms with Gasteiger partial charge in [-0.1, -0.05) is 0 Å². The first-order chi connectivity index (χ1) is 22.8. The second-order valence-electron chi connectivity index (χ2n) is 10.4. The van der Waals surface area contributed by atoms with Gasteiger partial charge in [-0.05, 0) is 35.8 Å². The normalized spacial score (nSPS) is 10.8. The van der Waals surface area contributed by atoms with Crippen molar-refractivity contribution in [1.29, 1.82) is 0 Å². The van der Waals surface area contributed by atoms with Crippen molar-refractivity contribution in [2.24, 2.45) is 19.8 Å². The molecule has 0 fully saturated rings. The largest absolute Gasteiger partial charge is 0.872 e. The van der Waals surface area contributed by atoms with Crippen LogP contribution in [0.5, 0.6) is 23.0 Å². The van der Waals surface area contributed by atoms with Gasteiger partial charge in [-0.2, -0.15) is 0 Å². The van der Waals surface area contributed by atoms with Crippen molar-refractivity contribution in [2.75, 3.05) is 52.4 Å². The van der Waals surface area contributed by atoms with Crippen LogP contribution in [0.3, 0.4) is 0 Å². The minimum Gasteiger partial charge on any atom is -0.872 e. The average molecular weight is 667 g/mol. The van der Waals surface area contributed by atoms with E-state index in [4.69, 9.17) is 5.73 Å². The highest BCUT2D eigenvalue weighted by atomic mass is 16.3. The molecule has 0 aliphatic heterocycles. The number of hydrogen-bond acceptors (Lipinski definition) is 12. The number of aromatic nitrogens is 2. The molecule has 3 aromatic rings. The van der Waals surface area contributed by atoms with Gasteiger partial charge in [0.1, 0.15) is 0 Å². The summed E-state index contributed by atoms with van der Waals surface area (Å²) in [4.78, 5) is 75.4. The van der Waals surface area contributed by atoms with Crippen molar-refractivity contribution >= 4 is 23.6 Å². The second-order valence-corrected chi connectivity index (χ2v) is 10.4. The van der Waals surface area contributed by atoms with E-state index in [2.05, 4.69) is 21.3 Å². The molecule has 48 heavy (non-hydrogen) atoms. The number of aryl methyl sites for hydroxylation is 2. The monoisotopic (exact) mass is 666 g/mol. The van der Waals surface area contributed by atoms with E-state index in [1.54, 1.807) is 4.90 Å². The van der Waals surface area contributed by atoms with Crippen LogP contribution < -0.4 is 58.5 Å². The first-order valence-electron chi connectivity index (χ1n) is 14.6. The molecule has 0 atom stereocenters. The summed E-state index contributed by atoms with van der Waals surface area (Å²) in [5.41, 5.74) is 1.97. The molecule has 0 aliphatic carbocycles. The van der Waals surface area contributed by atoms with Crippen molar-refractivity contribution in [1.82, 2.24) is 35.3 Å². The predicted octanol–water partition coefficient (Wildman–Crippen LogP) is -5.04. The zero-order valence-corrected chi connectivity index (χ0v) is 26.1. The zero-order valence-electron chi connectivity index (χ0n) is 26.1. The summed E-state index contributed by atoms with van der Waals surface area (Å²) >= 11 is 0. The molecule has 2 heterocycles. The number of nitrogens with two attached hydrogens (primary N) is 1. The quantitative estimate of drug-likeness (QED) is 0.102. The third-order valence-corrected chi connectivity index (χ3v) is 7.11. The summed E-state index contributed by atoms with van der Waals surface area (Å²) in [5, 5.41) is 59.2. The Labute approximate surface area is 273 Å². The number of rotatable bonds is 15. The van der Waals surface area contributed by atoms with E-state index in [1.807, 2.05) is 0 Å². The third-order valence-electron chi connectivity index (χ3n) is 7.11. The fraction of sp³-hybridized carbons (Fsp3) is 0.333. The number of nitrogens with zero attached hydrogens (tertiary/aromatic N) is 3. The Morgan fingerprint density at radius 2 is 0.896 bits per heavy atom. The Balaban J connectivity index is 1.65. The molecule has 4 amide bonds. The van der Waals surface area contributed by atoms with Crippen LogP contribution in [-0.4, -0.2) is 90.0 Å². The van der Waals surface area contributed by atoms with Crippen LogP contribution in [0.2, 0.25) is 0 Å². The lowest BCUT2D eigenvalue weighted by Gasteiger charge is -2.26. The minimum atomic E-state index is -1.17. The van der Waals surface area contributed by atoms with Crippen molar-refractivity contribution in [3.63, 3.8) is 0 Å². The molecule has 0 aliphatic rings. The lowest BCUT2D eigenvalue weighted by Crippen LogP contribution is -2.43. The molecule has 1 aromatic carbocycles. The summed E-state index contributed by atoms with van der Waals surface area (Å²) in [7, 11) is 2.73. The molecule has 18 nitrogen and oxygen atoms in total. The summed E-state index contributed by atoms with van der Waals surface area (Å²) in [6, 6.07) is 4.54. The van der Waals surface area contributed by atoms with Crippen LogP contribution in [-0.2, 0) is 14.1 Å². The average Bonchev–Trinajstić information content (AvgIpc) is 3.05. The van der Waals surface area contributed by atoms with Gasteiger partial charge in [0.15, 0.2) is 0 Å². The summed E-state index contributed by atoms with van der Waals surface area (Å²) in [5.74, 6) is -7.53. The Hall–Kier alpha value is -5.88. The van der Waals surface area contributed by atoms with E-state index in [9.17, 15) is 49.2 Å². The van der Waals surface area contributed by atoms with Crippen LogP contribution in [0.1, 0.15) is 41.4 Å². The maximum Gasteiger partial charge on any atom is 0.250 e. The van der Waals surface area contributed by atoms with E-state index in [0.717, 1.165) is 21.3 Å². The maximum absolute atomic E-state index is 12.7. The van der Waals surface area contributed by atoms with Gasteiger partial charge >= 0.3 is 0 Å². The fourth-order valence-electron chi connectivity index (χ4n) is 4.37. The van der Waals surface area contributed by atoms with E-state index >= 15 is 0 Å². The number of carbonyl (C=O) groups excluding carboxylic acids is 4. The molecule has 0 unspecified atom stereocenters. The van der Waals surface area contributed by atoms with Gasteiger partial charge in [-0.15, -0.1) is 11.5 Å². The fourth-order valence-corrected chi connectivity index (χ4v) is 4.37. The third kappa shape index (κ3) is 8.89.